The summed E-state index contributed by atoms with van der Waals surface area (Å²) < 4.78 is 46.1. The molecule has 0 aliphatic heterocycles. The highest BCUT2D eigenvalue weighted by atomic mass is 19.1. The maximum Gasteiger partial charge on any atom is 0.337 e. The van der Waals surface area contributed by atoms with Crippen molar-refractivity contribution in [3.8, 4) is 0 Å². The fourth-order valence-electron chi connectivity index (χ4n) is 0.501. The number of ether oxygens (including phenoxy) is 1. The van der Waals surface area contributed by atoms with Gasteiger partial charge in [0.25, 0.3) is 0 Å². The van der Waals surface area contributed by atoms with Gasteiger partial charge in [0.05, 0.1) is 18.2 Å². The Kier molecular flexibility index (Phi) is 1.10. The van der Waals surface area contributed by atoms with E-state index in [2.05, 4.69) is 4.74 Å². The molecule has 1 aromatic carbocycles. The lowest BCUT2D eigenvalue weighted by Gasteiger charge is -1.96. The number of carbonyl (C=O) groups excluding carboxylic acids is 1. The minimum Gasteiger partial charge on any atom is -0.465 e. The first-order valence-electron chi connectivity index (χ1n) is 4.76. The third kappa shape index (κ3) is 1.77. The summed E-state index contributed by atoms with van der Waals surface area (Å²) in [6, 6.07) is -3.23. The number of carbonyl (C=O) groups is 1. The number of benzene rings is 1. The highest BCUT2D eigenvalue weighted by Crippen LogP contribution is 2.03. The van der Waals surface area contributed by atoms with Crippen LogP contribution in [0.25, 0.3) is 0 Å². The van der Waals surface area contributed by atoms with Crippen molar-refractivity contribution in [2.45, 2.75) is 0 Å². The van der Waals surface area contributed by atoms with Crippen molar-refractivity contribution in [2.24, 2.45) is 0 Å². The molecule has 0 aliphatic carbocycles. The van der Waals surface area contributed by atoms with E-state index in [9.17, 15) is 9.18 Å². The largest absolute Gasteiger partial charge is 0.465 e. The van der Waals surface area contributed by atoms with Gasteiger partial charge >= 0.3 is 5.97 Å². The summed E-state index contributed by atoms with van der Waals surface area (Å²) in [6.45, 7) is 0. The summed E-state index contributed by atoms with van der Waals surface area (Å²) in [5.74, 6) is -2.30. The number of halogens is 1. The van der Waals surface area contributed by atoms with Crippen LogP contribution in [-0.4, -0.2) is 13.1 Å². The second-order valence-electron chi connectivity index (χ2n) is 1.68. The molecule has 0 atom stereocenters. The Bertz CT molecular complexity index is 404. The van der Waals surface area contributed by atoms with E-state index in [1.54, 1.807) is 0 Å². The molecule has 0 saturated heterocycles. The van der Waals surface area contributed by atoms with Crippen molar-refractivity contribution in [2.75, 3.05) is 7.11 Å². The van der Waals surface area contributed by atoms with E-state index < -0.39 is 41.5 Å². The molecular weight excluding hydrogens is 147 g/mol. The van der Waals surface area contributed by atoms with Gasteiger partial charge in [-0.3, -0.25) is 0 Å². The van der Waals surface area contributed by atoms with Gasteiger partial charge in [0.1, 0.15) is 5.82 Å². The van der Waals surface area contributed by atoms with Crippen LogP contribution in [-0.2, 0) is 4.74 Å². The van der Waals surface area contributed by atoms with Crippen LogP contribution in [0.1, 0.15) is 15.8 Å². The van der Waals surface area contributed by atoms with Crippen LogP contribution in [0.2, 0.25) is 0 Å². The normalized spacial score (nSPS) is 14.4. The number of hydrogen-bond donors (Lipinski definition) is 0. The van der Waals surface area contributed by atoms with Crippen molar-refractivity contribution in [3.05, 3.63) is 35.6 Å². The van der Waals surface area contributed by atoms with Gasteiger partial charge in [-0.25, -0.2) is 9.18 Å². The van der Waals surface area contributed by atoms with Crippen molar-refractivity contribution >= 4 is 5.97 Å². The molecule has 58 valence electrons. The Hall–Kier alpha value is -1.38. The predicted octanol–water partition coefficient (Wildman–Crippen LogP) is 1.61. The van der Waals surface area contributed by atoms with Crippen molar-refractivity contribution in [1.82, 2.24) is 0 Å². The van der Waals surface area contributed by atoms with Crippen LogP contribution >= 0.6 is 0 Å². The Morgan fingerprint density at radius 2 is 2.09 bits per heavy atom. The van der Waals surface area contributed by atoms with Gasteiger partial charge in [0.15, 0.2) is 0 Å². The zero-order valence-corrected chi connectivity index (χ0v) is 5.69. The van der Waals surface area contributed by atoms with E-state index in [1.807, 2.05) is 0 Å². The zero-order chi connectivity index (χ0) is 11.7. The predicted molar refractivity (Wildman–Crippen MR) is 37.7 cm³/mol. The molecule has 0 amide bonds. The summed E-state index contributed by atoms with van der Waals surface area (Å²) in [7, 11) is 1.04. The Morgan fingerprint density at radius 1 is 1.55 bits per heavy atom. The standard InChI is InChI=1S/C8H7FO2/c1-11-8(10)6-2-4-7(9)5-3-6/h2-5H,1H3/i2D,3D,4D,5D. The van der Waals surface area contributed by atoms with E-state index in [0.29, 0.717) is 0 Å². The quantitative estimate of drug-likeness (QED) is 0.580. The van der Waals surface area contributed by atoms with Crippen LogP contribution in [0.15, 0.2) is 24.2 Å². The Morgan fingerprint density at radius 3 is 2.55 bits per heavy atom. The van der Waals surface area contributed by atoms with Gasteiger partial charge in [-0.05, 0) is 24.2 Å². The van der Waals surface area contributed by atoms with Gasteiger partial charge in [0.2, 0.25) is 0 Å². The van der Waals surface area contributed by atoms with Crippen LogP contribution in [0.3, 0.4) is 0 Å². The summed E-state index contributed by atoms with van der Waals surface area (Å²) in [5, 5.41) is 0. The maximum atomic E-state index is 13.0. The zero-order valence-electron chi connectivity index (χ0n) is 9.69. The van der Waals surface area contributed by atoms with Crippen LogP contribution in [0, 0.1) is 5.82 Å². The summed E-state index contributed by atoms with van der Waals surface area (Å²) in [6.07, 6.45) is 0. The van der Waals surface area contributed by atoms with Crippen LogP contribution in [0.5, 0.6) is 0 Å². The number of hydrogen-bond acceptors (Lipinski definition) is 2. The molecule has 1 rings (SSSR count). The van der Waals surface area contributed by atoms with E-state index in [0.717, 1.165) is 7.11 Å². The molecule has 0 unspecified atom stereocenters. The molecule has 0 spiro atoms. The third-order valence-electron chi connectivity index (χ3n) is 0.984. The van der Waals surface area contributed by atoms with Gasteiger partial charge in [-0.2, -0.15) is 0 Å². The molecule has 0 aliphatic rings. The topological polar surface area (TPSA) is 26.3 Å². The average molecular weight is 158 g/mol. The fourth-order valence-corrected chi connectivity index (χ4v) is 0.501. The van der Waals surface area contributed by atoms with Crippen molar-refractivity contribution < 1.29 is 19.4 Å². The molecule has 0 saturated carbocycles. The van der Waals surface area contributed by atoms with Crippen molar-refractivity contribution in [3.63, 3.8) is 0 Å². The molecule has 1 aromatic rings. The van der Waals surface area contributed by atoms with E-state index in [-0.39, 0.29) is 0 Å². The molecule has 2 nitrogen and oxygen atoms in total. The smallest absolute Gasteiger partial charge is 0.337 e. The molecule has 0 radical (unpaired) electrons. The SMILES string of the molecule is [2H]c1c([2H])c(C(=O)OC)c([2H])c([2H])c1F. The van der Waals surface area contributed by atoms with Crippen LogP contribution < -0.4 is 0 Å². The minimum atomic E-state index is -1.28. The molecule has 0 bridgehead atoms. The van der Waals surface area contributed by atoms with Crippen molar-refractivity contribution in [1.29, 1.82) is 0 Å². The number of rotatable bonds is 1. The van der Waals surface area contributed by atoms with Crippen LogP contribution in [0.4, 0.5) is 4.39 Å². The lowest BCUT2D eigenvalue weighted by atomic mass is 10.2. The molecule has 3 heteroatoms. The molecule has 0 aromatic heterocycles. The summed E-state index contributed by atoms with van der Waals surface area (Å²) in [4.78, 5) is 11.1. The van der Waals surface area contributed by atoms with Gasteiger partial charge in [0, 0.05) is 0 Å². The highest BCUT2D eigenvalue weighted by Gasteiger charge is 2.02. The number of esters is 1. The third-order valence-corrected chi connectivity index (χ3v) is 0.984. The molecule has 11 heavy (non-hydrogen) atoms. The molecule has 0 heterocycles. The second kappa shape index (κ2) is 3.14. The second-order valence-corrected chi connectivity index (χ2v) is 1.68. The summed E-state index contributed by atoms with van der Waals surface area (Å²) in [5.41, 5.74) is -0.561. The van der Waals surface area contributed by atoms with E-state index in [4.69, 9.17) is 5.48 Å². The Balaban J connectivity index is 3.60. The average Bonchev–Trinajstić information content (AvgIpc) is 2.23. The monoisotopic (exact) mass is 158 g/mol. The highest BCUT2D eigenvalue weighted by molar-refractivity contribution is 5.89. The molecule has 0 N–H and O–H groups in total. The summed E-state index contributed by atoms with van der Waals surface area (Å²) >= 11 is 0. The first kappa shape index (κ1) is 3.85. The first-order chi connectivity index (χ1) is 6.91. The minimum absolute atomic E-state index is 0.561. The Labute approximate surface area is 69.2 Å². The lowest BCUT2D eigenvalue weighted by Crippen LogP contribution is -2.00. The fraction of sp³-hybridized carbons (Fsp3) is 0.125. The van der Waals surface area contributed by atoms with E-state index >= 15 is 0 Å². The molecular formula is C8H7FO2. The maximum absolute atomic E-state index is 13.0. The lowest BCUT2D eigenvalue weighted by molar-refractivity contribution is 0.0600. The van der Waals surface area contributed by atoms with E-state index in [1.165, 1.54) is 0 Å². The number of methoxy groups -OCH3 is 1. The van der Waals surface area contributed by atoms with Gasteiger partial charge < -0.3 is 4.74 Å². The van der Waals surface area contributed by atoms with Gasteiger partial charge in [-0.15, -0.1) is 0 Å². The van der Waals surface area contributed by atoms with Gasteiger partial charge in [-0.1, -0.05) is 0 Å². The first-order valence-corrected chi connectivity index (χ1v) is 2.76. The molecule has 0 fully saturated rings.